The van der Waals surface area contributed by atoms with Crippen LogP contribution in [0, 0.1) is 0 Å². The topological polar surface area (TPSA) is 50.8 Å². The fraction of sp³-hybridized carbons (Fsp3) is 0.933. The molecule has 0 radical (unpaired) electrons. The van der Waals surface area contributed by atoms with Gasteiger partial charge in [-0.2, -0.15) is 0 Å². The van der Waals surface area contributed by atoms with E-state index >= 15 is 0 Å². The number of rotatable bonds is 4. The Morgan fingerprint density at radius 1 is 1.30 bits per heavy atom. The van der Waals surface area contributed by atoms with Crippen LogP contribution in [0.1, 0.15) is 40.5 Å². The van der Waals surface area contributed by atoms with Gasteiger partial charge in [0, 0.05) is 31.8 Å². The first-order valence-corrected chi connectivity index (χ1v) is 7.68. The summed E-state index contributed by atoms with van der Waals surface area (Å²) in [5.74, 6) is 0.0323. The summed E-state index contributed by atoms with van der Waals surface area (Å²) in [5.41, 5.74) is -0.0689. The van der Waals surface area contributed by atoms with Gasteiger partial charge in [0.05, 0.1) is 12.2 Å². The predicted molar refractivity (Wildman–Crippen MR) is 77.6 cm³/mol. The Morgan fingerprint density at radius 2 is 1.95 bits per heavy atom. The van der Waals surface area contributed by atoms with E-state index in [1.165, 1.54) is 0 Å². The van der Waals surface area contributed by atoms with Gasteiger partial charge in [-0.05, 0) is 40.5 Å². The van der Waals surface area contributed by atoms with Gasteiger partial charge in [-0.3, -0.25) is 9.69 Å². The number of carbonyl (C=O) groups is 1. The molecule has 2 rings (SSSR count). The first-order chi connectivity index (χ1) is 9.38. The molecule has 5 nitrogen and oxygen atoms in total. The van der Waals surface area contributed by atoms with Crippen molar-refractivity contribution in [3.8, 4) is 0 Å². The molecule has 2 fully saturated rings. The van der Waals surface area contributed by atoms with Gasteiger partial charge in [0.1, 0.15) is 6.10 Å². The Labute approximate surface area is 122 Å². The van der Waals surface area contributed by atoms with Crippen molar-refractivity contribution >= 4 is 5.91 Å². The smallest absolute Gasteiger partial charge is 0.249 e. The molecular weight excluding hydrogens is 256 g/mol. The van der Waals surface area contributed by atoms with E-state index in [2.05, 4.69) is 37.9 Å². The minimum atomic E-state index is -0.242. The van der Waals surface area contributed by atoms with Gasteiger partial charge in [-0.15, -0.1) is 0 Å². The van der Waals surface area contributed by atoms with E-state index in [4.69, 9.17) is 9.47 Å². The predicted octanol–water partition coefficient (Wildman–Crippen LogP) is 1.17. The van der Waals surface area contributed by atoms with Crippen LogP contribution in [0.5, 0.6) is 0 Å². The van der Waals surface area contributed by atoms with Crippen molar-refractivity contribution in [1.29, 1.82) is 0 Å². The lowest BCUT2D eigenvalue weighted by Gasteiger charge is -2.45. The quantitative estimate of drug-likeness (QED) is 0.842. The second-order valence-electron chi connectivity index (χ2n) is 6.69. The van der Waals surface area contributed by atoms with Crippen molar-refractivity contribution in [3.05, 3.63) is 0 Å². The van der Waals surface area contributed by atoms with Gasteiger partial charge in [0.2, 0.25) is 5.91 Å². The highest BCUT2D eigenvalue weighted by Gasteiger charge is 2.34. The summed E-state index contributed by atoms with van der Waals surface area (Å²) in [6, 6.07) is 0. The van der Waals surface area contributed by atoms with E-state index < -0.39 is 0 Å². The van der Waals surface area contributed by atoms with Crippen LogP contribution in [0.4, 0.5) is 0 Å². The van der Waals surface area contributed by atoms with Gasteiger partial charge in [-0.1, -0.05) is 0 Å². The van der Waals surface area contributed by atoms with Gasteiger partial charge in [0.25, 0.3) is 0 Å². The Morgan fingerprint density at radius 3 is 2.50 bits per heavy atom. The van der Waals surface area contributed by atoms with Crippen molar-refractivity contribution in [2.45, 2.75) is 64.4 Å². The second-order valence-corrected chi connectivity index (χ2v) is 6.69. The fourth-order valence-corrected chi connectivity index (χ4v) is 2.99. The largest absolute Gasteiger partial charge is 0.373 e. The highest BCUT2D eigenvalue weighted by molar-refractivity contribution is 5.81. The van der Waals surface area contributed by atoms with Crippen LogP contribution in [0.25, 0.3) is 0 Å². The summed E-state index contributed by atoms with van der Waals surface area (Å²) in [6.07, 6.45) is 2.07. The molecule has 116 valence electrons. The number of morpholine rings is 1. The summed E-state index contributed by atoms with van der Waals surface area (Å²) in [5, 5.41) is 3.05. The molecule has 0 bridgehead atoms. The average molecular weight is 284 g/mol. The molecule has 0 spiro atoms. The number of nitrogens with one attached hydrogen (secondary N) is 1. The van der Waals surface area contributed by atoms with Crippen LogP contribution in [-0.4, -0.2) is 60.9 Å². The molecular formula is C15H28N2O3. The lowest BCUT2D eigenvalue weighted by Crippen LogP contribution is -2.59. The molecule has 3 atom stereocenters. The molecule has 2 heterocycles. The van der Waals surface area contributed by atoms with Crippen molar-refractivity contribution in [1.82, 2.24) is 10.2 Å². The minimum absolute atomic E-state index is 0.0323. The van der Waals surface area contributed by atoms with Gasteiger partial charge >= 0.3 is 0 Å². The minimum Gasteiger partial charge on any atom is -0.373 e. The first-order valence-electron chi connectivity index (χ1n) is 7.68. The molecule has 1 N–H and O–H groups in total. The molecule has 2 aliphatic heterocycles. The maximum absolute atomic E-state index is 12.0. The molecule has 0 unspecified atom stereocenters. The number of nitrogens with zero attached hydrogens (tertiary/aromatic N) is 1. The van der Waals surface area contributed by atoms with E-state index in [1.54, 1.807) is 0 Å². The van der Waals surface area contributed by atoms with Crippen LogP contribution in [0.15, 0.2) is 0 Å². The van der Waals surface area contributed by atoms with E-state index in [0.717, 1.165) is 25.9 Å². The third-order valence-corrected chi connectivity index (χ3v) is 4.19. The SMILES string of the molecule is C[C@@H]1CN(C(C)(C)CNC(=O)[C@H]2CCCO2)C[C@@H](C)O1. The van der Waals surface area contributed by atoms with Gasteiger partial charge < -0.3 is 14.8 Å². The van der Waals surface area contributed by atoms with Crippen LogP contribution < -0.4 is 5.32 Å². The van der Waals surface area contributed by atoms with Gasteiger partial charge in [0.15, 0.2) is 0 Å². The third-order valence-electron chi connectivity index (χ3n) is 4.19. The molecule has 2 saturated heterocycles. The number of amides is 1. The Bertz CT molecular complexity index is 330. The lowest BCUT2D eigenvalue weighted by molar-refractivity contribution is -0.131. The zero-order valence-electron chi connectivity index (χ0n) is 13.1. The summed E-state index contributed by atoms with van der Waals surface area (Å²) in [4.78, 5) is 14.4. The molecule has 2 aliphatic rings. The van der Waals surface area contributed by atoms with Crippen LogP contribution in [0.2, 0.25) is 0 Å². The lowest BCUT2D eigenvalue weighted by atomic mass is 10.00. The standard InChI is InChI=1S/C15H28N2O3/c1-11-8-17(9-12(2)20-11)15(3,4)10-16-14(18)13-6-5-7-19-13/h11-13H,5-10H2,1-4H3,(H,16,18)/t11-,12-,13-/m1/s1. The molecule has 5 heteroatoms. The maximum Gasteiger partial charge on any atom is 0.249 e. The first kappa shape index (κ1) is 15.7. The highest BCUT2D eigenvalue weighted by Crippen LogP contribution is 2.21. The molecule has 0 aromatic carbocycles. The fourth-order valence-electron chi connectivity index (χ4n) is 2.99. The second kappa shape index (κ2) is 6.41. The van der Waals surface area contributed by atoms with Crippen molar-refractivity contribution in [3.63, 3.8) is 0 Å². The van der Waals surface area contributed by atoms with Crippen LogP contribution in [-0.2, 0) is 14.3 Å². The molecule has 20 heavy (non-hydrogen) atoms. The number of hydrogen-bond donors (Lipinski definition) is 1. The van der Waals surface area contributed by atoms with Gasteiger partial charge in [-0.25, -0.2) is 0 Å². The normalized spacial score (nSPS) is 32.3. The number of hydrogen-bond acceptors (Lipinski definition) is 4. The summed E-state index contributed by atoms with van der Waals surface area (Å²) < 4.78 is 11.2. The molecule has 0 saturated carbocycles. The molecule has 0 aromatic heterocycles. The Hall–Kier alpha value is -0.650. The van der Waals surface area contributed by atoms with E-state index in [9.17, 15) is 4.79 Å². The highest BCUT2D eigenvalue weighted by atomic mass is 16.5. The van der Waals surface area contributed by atoms with Crippen molar-refractivity contribution < 1.29 is 14.3 Å². The summed E-state index contributed by atoms with van der Waals surface area (Å²) in [6.45, 7) is 11.7. The average Bonchev–Trinajstić information content (AvgIpc) is 2.88. The zero-order chi connectivity index (χ0) is 14.8. The van der Waals surface area contributed by atoms with E-state index in [0.29, 0.717) is 13.2 Å². The zero-order valence-corrected chi connectivity index (χ0v) is 13.1. The van der Waals surface area contributed by atoms with Crippen molar-refractivity contribution in [2.75, 3.05) is 26.2 Å². The maximum atomic E-state index is 12.0. The Balaban J connectivity index is 1.84. The van der Waals surface area contributed by atoms with Crippen LogP contribution in [0.3, 0.4) is 0 Å². The summed E-state index contributed by atoms with van der Waals surface area (Å²) >= 11 is 0. The monoisotopic (exact) mass is 284 g/mol. The molecule has 0 aromatic rings. The number of carbonyl (C=O) groups excluding carboxylic acids is 1. The van der Waals surface area contributed by atoms with E-state index in [1.807, 2.05) is 0 Å². The van der Waals surface area contributed by atoms with E-state index in [-0.39, 0.29) is 29.8 Å². The third kappa shape index (κ3) is 3.93. The number of ether oxygens (including phenoxy) is 2. The Kier molecular flexibility index (Phi) is 5.04. The molecule has 0 aliphatic carbocycles. The van der Waals surface area contributed by atoms with Crippen molar-refractivity contribution in [2.24, 2.45) is 0 Å². The van der Waals surface area contributed by atoms with Crippen LogP contribution >= 0.6 is 0 Å². The summed E-state index contributed by atoms with van der Waals surface area (Å²) in [7, 11) is 0. The molecule has 1 amide bonds.